The van der Waals surface area contributed by atoms with Crippen molar-refractivity contribution in [3.05, 3.63) is 70.6 Å². The zero-order valence-corrected chi connectivity index (χ0v) is 11.7. The fourth-order valence-corrected chi connectivity index (χ4v) is 2.34. The van der Waals surface area contributed by atoms with Gasteiger partial charge in [0.2, 0.25) is 0 Å². The van der Waals surface area contributed by atoms with E-state index >= 15 is 0 Å². The minimum absolute atomic E-state index is 0.258. The van der Waals surface area contributed by atoms with Crippen LogP contribution in [-0.4, -0.2) is 10.9 Å². The number of carbonyl (C=O) groups is 1. The minimum atomic E-state index is -0.340. The third-order valence-electron chi connectivity index (χ3n) is 3.23. The van der Waals surface area contributed by atoms with Crippen molar-refractivity contribution in [1.29, 1.82) is 0 Å². The average Bonchev–Trinajstić information content (AvgIpc) is 2.89. The van der Waals surface area contributed by atoms with Crippen LogP contribution in [0.15, 0.2) is 48.5 Å². The molecule has 2 N–H and O–H groups in total. The molecule has 0 saturated heterocycles. The zero-order chi connectivity index (χ0) is 14.8. The van der Waals surface area contributed by atoms with Crippen molar-refractivity contribution in [2.75, 3.05) is 0 Å². The standard InChI is InChI=1S/C16H12ClFN2O/c17-13-4-2-1-3-11(13)9-19-16(21)15-7-10-5-6-12(18)8-14(10)20-15/h1-8,20H,9H2,(H,19,21). The van der Waals surface area contributed by atoms with Gasteiger partial charge in [-0.3, -0.25) is 4.79 Å². The number of benzene rings is 2. The van der Waals surface area contributed by atoms with E-state index in [1.54, 1.807) is 18.2 Å². The Bertz CT molecular complexity index is 813. The number of nitrogens with one attached hydrogen (secondary N) is 2. The maximum atomic E-state index is 13.1. The first kappa shape index (κ1) is 13.6. The molecule has 5 heteroatoms. The van der Waals surface area contributed by atoms with Crippen LogP contribution in [0.3, 0.4) is 0 Å². The van der Waals surface area contributed by atoms with Gasteiger partial charge in [-0.05, 0) is 35.9 Å². The number of halogens is 2. The van der Waals surface area contributed by atoms with Gasteiger partial charge in [0.15, 0.2) is 0 Å². The van der Waals surface area contributed by atoms with E-state index in [0.29, 0.717) is 22.8 Å². The van der Waals surface area contributed by atoms with Crippen LogP contribution in [0.25, 0.3) is 10.9 Å². The molecule has 0 atom stereocenters. The van der Waals surface area contributed by atoms with E-state index in [1.807, 2.05) is 18.2 Å². The van der Waals surface area contributed by atoms with Gasteiger partial charge in [0.25, 0.3) is 5.91 Å². The fourth-order valence-electron chi connectivity index (χ4n) is 2.13. The first-order chi connectivity index (χ1) is 10.1. The van der Waals surface area contributed by atoms with Gasteiger partial charge >= 0.3 is 0 Å². The molecule has 3 nitrogen and oxygen atoms in total. The smallest absolute Gasteiger partial charge is 0.267 e. The van der Waals surface area contributed by atoms with E-state index in [0.717, 1.165) is 10.9 Å². The zero-order valence-electron chi connectivity index (χ0n) is 11.0. The number of hydrogen-bond acceptors (Lipinski definition) is 1. The quantitative estimate of drug-likeness (QED) is 0.757. The van der Waals surface area contributed by atoms with Crippen LogP contribution in [-0.2, 0) is 6.54 Å². The second-order valence-electron chi connectivity index (χ2n) is 4.69. The summed E-state index contributed by atoms with van der Waals surface area (Å²) < 4.78 is 13.1. The fraction of sp³-hybridized carbons (Fsp3) is 0.0625. The summed E-state index contributed by atoms with van der Waals surface area (Å²) in [7, 11) is 0. The number of H-pyrrole nitrogens is 1. The lowest BCUT2D eigenvalue weighted by molar-refractivity contribution is 0.0947. The molecule has 0 bridgehead atoms. The van der Waals surface area contributed by atoms with Crippen molar-refractivity contribution in [2.24, 2.45) is 0 Å². The van der Waals surface area contributed by atoms with Gasteiger partial charge in [-0.25, -0.2) is 4.39 Å². The Balaban J connectivity index is 1.76. The van der Waals surface area contributed by atoms with Crippen molar-refractivity contribution < 1.29 is 9.18 Å². The van der Waals surface area contributed by atoms with Crippen LogP contribution in [0, 0.1) is 5.82 Å². The van der Waals surface area contributed by atoms with Crippen LogP contribution in [0.2, 0.25) is 5.02 Å². The molecule has 3 rings (SSSR count). The highest BCUT2D eigenvalue weighted by molar-refractivity contribution is 6.31. The predicted molar refractivity (Wildman–Crippen MR) is 80.9 cm³/mol. The maximum Gasteiger partial charge on any atom is 0.267 e. The van der Waals surface area contributed by atoms with E-state index in [9.17, 15) is 9.18 Å². The van der Waals surface area contributed by atoms with Crippen molar-refractivity contribution >= 4 is 28.4 Å². The number of rotatable bonds is 3. The third kappa shape index (κ3) is 2.90. The van der Waals surface area contributed by atoms with Gasteiger partial charge < -0.3 is 10.3 Å². The molecular formula is C16H12ClFN2O. The first-order valence-electron chi connectivity index (χ1n) is 6.43. The highest BCUT2D eigenvalue weighted by Gasteiger charge is 2.10. The van der Waals surface area contributed by atoms with E-state index in [-0.39, 0.29) is 11.7 Å². The van der Waals surface area contributed by atoms with Crippen LogP contribution in [0.1, 0.15) is 16.1 Å². The summed E-state index contributed by atoms with van der Waals surface area (Å²) in [6.07, 6.45) is 0. The SMILES string of the molecule is O=C(NCc1ccccc1Cl)c1cc2ccc(F)cc2[nH]1. The maximum absolute atomic E-state index is 13.1. The Labute approximate surface area is 125 Å². The highest BCUT2D eigenvalue weighted by atomic mass is 35.5. The molecule has 0 fully saturated rings. The van der Waals surface area contributed by atoms with Gasteiger partial charge in [-0.1, -0.05) is 29.8 Å². The largest absolute Gasteiger partial charge is 0.350 e. The molecule has 1 heterocycles. The highest BCUT2D eigenvalue weighted by Crippen LogP contribution is 2.17. The molecule has 0 aliphatic rings. The molecule has 0 unspecified atom stereocenters. The molecule has 1 aromatic heterocycles. The van der Waals surface area contributed by atoms with Crippen molar-refractivity contribution in [1.82, 2.24) is 10.3 Å². The van der Waals surface area contributed by atoms with E-state index in [1.165, 1.54) is 12.1 Å². The monoisotopic (exact) mass is 302 g/mol. The van der Waals surface area contributed by atoms with Gasteiger partial charge in [-0.15, -0.1) is 0 Å². The molecule has 0 aliphatic carbocycles. The Morgan fingerprint density at radius 3 is 2.81 bits per heavy atom. The summed E-state index contributed by atoms with van der Waals surface area (Å²) in [6.45, 7) is 0.336. The molecule has 3 aromatic rings. The molecule has 106 valence electrons. The van der Waals surface area contributed by atoms with Crippen molar-refractivity contribution in [2.45, 2.75) is 6.54 Å². The summed E-state index contributed by atoms with van der Waals surface area (Å²) in [5.74, 6) is -0.598. The summed E-state index contributed by atoms with van der Waals surface area (Å²) in [6, 6.07) is 13.4. The molecule has 0 saturated carbocycles. The Kier molecular flexibility index (Phi) is 3.62. The molecule has 0 spiro atoms. The van der Waals surface area contributed by atoms with Crippen LogP contribution in [0.4, 0.5) is 4.39 Å². The molecular weight excluding hydrogens is 291 g/mol. The first-order valence-corrected chi connectivity index (χ1v) is 6.81. The van der Waals surface area contributed by atoms with Gasteiger partial charge in [0.05, 0.1) is 0 Å². The average molecular weight is 303 g/mol. The van der Waals surface area contributed by atoms with Crippen molar-refractivity contribution in [3.63, 3.8) is 0 Å². The van der Waals surface area contributed by atoms with Gasteiger partial charge in [0, 0.05) is 22.5 Å². The van der Waals surface area contributed by atoms with Crippen LogP contribution < -0.4 is 5.32 Å². The Morgan fingerprint density at radius 1 is 1.19 bits per heavy atom. The Morgan fingerprint density at radius 2 is 2.00 bits per heavy atom. The molecule has 2 aromatic carbocycles. The Hall–Kier alpha value is -2.33. The lowest BCUT2D eigenvalue weighted by Gasteiger charge is -2.05. The van der Waals surface area contributed by atoms with E-state index < -0.39 is 0 Å². The second kappa shape index (κ2) is 5.58. The summed E-state index contributed by atoms with van der Waals surface area (Å²) in [5, 5.41) is 4.18. The van der Waals surface area contributed by atoms with Gasteiger partial charge in [0.1, 0.15) is 11.5 Å². The molecule has 0 aliphatic heterocycles. The number of hydrogen-bond donors (Lipinski definition) is 2. The number of aromatic nitrogens is 1. The number of amides is 1. The summed E-state index contributed by atoms with van der Waals surface area (Å²) >= 11 is 6.03. The predicted octanol–water partition coefficient (Wildman–Crippen LogP) is 3.89. The topological polar surface area (TPSA) is 44.9 Å². The molecule has 21 heavy (non-hydrogen) atoms. The number of aromatic amines is 1. The van der Waals surface area contributed by atoms with Crippen molar-refractivity contribution in [3.8, 4) is 0 Å². The number of carbonyl (C=O) groups excluding carboxylic acids is 1. The third-order valence-corrected chi connectivity index (χ3v) is 3.60. The number of fused-ring (bicyclic) bond motifs is 1. The minimum Gasteiger partial charge on any atom is -0.350 e. The summed E-state index contributed by atoms with van der Waals surface area (Å²) in [4.78, 5) is 15.0. The lowest BCUT2D eigenvalue weighted by Crippen LogP contribution is -2.23. The lowest BCUT2D eigenvalue weighted by atomic mass is 10.2. The van der Waals surface area contributed by atoms with E-state index in [4.69, 9.17) is 11.6 Å². The molecule has 1 amide bonds. The molecule has 0 radical (unpaired) electrons. The van der Waals surface area contributed by atoms with Crippen LogP contribution in [0.5, 0.6) is 0 Å². The van der Waals surface area contributed by atoms with E-state index in [2.05, 4.69) is 10.3 Å². The van der Waals surface area contributed by atoms with Gasteiger partial charge in [-0.2, -0.15) is 0 Å². The van der Waals surface area contributed by atoms with Crippen LogP contribution >= 0.6 is 11.6 Å². The summed E-state index contributed by atoms with van der Waals surface area (Å²) in [5.41, 5.74) is 1.83. The normalized spacial score (nSPS) is 10.8. The second-order valence-corrected chi connectivity index (χ2v) is 5.10.